The molecule has 118 valence electrons. The monoisotopic (exact) mass is 310 g/mol. The van der Waals surface area contributed by atoms with Crippen LogP contribution in [0.25, 0.3) is 0 Å². The molecule has 0 saturated carbocycles. The van der Waals surface area contributed by atoms with Gasteiger partial charge in [-0.05, 0) is 29.7 Å². The molecule has 2 rings (SSSR count). The van der Waals surface area contributed by atoms with Crippen LogP contribution in [0.1, 0.15) is 39.7 Å². The van der Waals surface area contributed by atoms with Crippen molar-refractivity contribution in [1.29, 1.82) is 0 Å². The fourth-order valence-corrected chi connectivity index (χ4v) is 5.29. The molecule has 1 aliphatic rings. The molecule has 21 heavy (non-hydrogen) atoms. The highest BCUT2D eigenvalue weighted by Crippen LogP contribution is 2.38. The normalized spacial score (nSPS) is 33.8. The second-order valence-corrected chi connectivity index (χ2v) is 8.40. The molecular formula is C17H26O3S. The molecule has 0 aliphatic carbocycles. The van der Waals surface area contributed by atoms with Crippen LogP contribution in [0, 0.1) is 17.8 Å². The first-order valence-electron chi connectivity index (χ1n) is 7.77. The van der Waals surface area contributed by atoms with E-state index in [1.807, 2.05) is 37.3 Å². The van der Waals surface area contributed by atoms with Gasteiger partial charge in [-0.15, -0.1) is 0 Å². The highest BCUT2D eigenvalue weighted by Gasteiger charge is 2.44. The van der Waals surface area contributed by atoms with Crippen molar-refractivity contribution in [2.45, 2.75) is 51.4 Å². The highest BCUT2D eigenvalue weighted by atomic mass is 32.2. The Morgan fingerprint density at radius 3 is 2.19 bits per heavy atom. The van der Waals surface area contributed by atoms with E-state index in [2.05, 4.69) is 20.8 Å². The molecule has 0 N–H and O–H groups in total. The molecule has 0 bridgehead atoms. The Hall–Kier alpha value is -0.870. The number of rotatable bonds is 4. The molecule has 0 amide bonds. The fraction of sp³-hybridized carbons (Fsp3) is 0.647. The molecule has 5 atom stereocenters. The molecule has 1 aromatic rings. The Bertz CT molecular complexity index is 551. The minimum atomic E-state index is -3.31. The Labute approximate surface area is 128 Å². The topological polar surface area (TPSA) is 43.4 Å². The summed E-state index contributed by atoms with van der Waals surface area (Å²) < 4.78 is 31.5. The lowest BCUT2D eigenvalue weighted by atomic mass is 9.79. The van der Waals surface area contributed by atoms with Crippen molar-refractivity contribution in [3.05, 3.63) is 35.9 Å². The third kappa shape index (κ3) is 3.49. The van der Waals surface area contributed by atoms with Gasteiger partial charge in [0.15, 0.2) is 15.3 Å². The average Bonchev–Trinajstić information content (AvgIpc) is 2.45. The van der Waals surface area contributed by atoms with Gasteiger partial charge in [0.1, 0.15) is 0 Å². The van der Waals surface area contributed by atoms with Gasteiger partial charge in [-0.2, -0.15) is 0 Å². The zero-order chi connectivity index (χ0) is 15.6. The van der Waals surface area contributed by atoms with Crippen LogP contribution in [-0.2, 0) is 20.3 Å². The van der Waals surface area contributed by atoms with E-state index in [-0.39, 0.29) is 17.8 Å². The van der Waals surface area contributed by atoms with Crippen molar-refractivity contribution < 1.29 is 13.2 Å². The maximum Gasteiger partial charge on any atom is 0.181 e. The summed E-state index contributed by atoms with van der Waals surface area (Å²) in [7, 11) is -3.31. The Kier molecular flexibility index (Phi) is 5.10. The molecule has 5 unspecified atom stereocenters. The first-order chi connectivity index (χ1) is 9.86. The minimum Gasteiger partial charge on any atom is -0.358 e. The van der Waals surface area contributed by atoms with Crippen LogP contribution in [0.3, 0.4) is 0 Å². The molecular weight excluding hydrogens is 284 g/mol. The van der Waals surface area contributed by atoms with Crippen molar-refractivity contribution in [2.24, 2.45) is 17.8 Å². The fourth-order valence-electron chi connectivity index (χ4n) is 3.25. The molecule has 1 fully saturated rings. The van der Waals surface area contributed by atoms with Gasteiger partial charge in [-0.3, -0.25) is 0 Å². The molecule has 0 aromatic heterocycles. The third-order valence-corrected chi connectivity index (χ3v) is 6.93. The van der Waals surface area contributed by atoms with Crippen LogP contribution in [-0.4, -0.2) is 20.0 Å². The molecule has 0 radical (unpaired) electrons. The predicted octanol–water partition coefficient (Wildman–Crippen LogP) is 3.64. The average molecular weight is 310 g/mol. The minimum absolute atomic E-state index is 0.0245. The first kappa shape index (κ1) is 16.5. The van der Waals surface area contributed by atoms with E-state index < -0.39 is 15.3 Å². The summed E-state index contributed by atoms with van der Waals surface area (Å²) in [6.45, 7) is 8.37. The second-order valence-electron chi connectivity index (χ2n) is 6.32. The molecule has 1 heterocycles. The summed E-state index contributed by atoms with van der Waals surface area (Å²) in [5.74, 6) is 0.823. The molecule has 3 nitrogen and oxygen atoms in total. The largest absolute Gasteiger partial charge is 0.358 e. The summed E-state index contributed by atoms with van der Waals surface area (Å²) in [6.07, 6.45) is 0.891. The Morgan fingerprint density at radius 1 is 1.00 bits per heavy atom. The summed E-state index contributed by atoms with van der Waals surface area (Å²) >= 11 is 0. The van der Waals surface area contributed by atoms with Crippen LogP contribution in [0.5, 0.6) is 0 Å². The smallest absolute Gasteiger partial charge is 0.181 e. The quantitative estimate of drug-likeness (QED) is 0.852. The number of hydrogen-bond donors (Lipinski definition) is 0. The SMILES string of the molecule is CCC1OC(S(=O)(=O)Cc2ccccc2)C(C)C(C)C1C. The van der Waals surface area contributed by atoms with Gasteiger partial charge in [0.05, 0.1) is 11.9 Å². The lowest BCUT2D eigenvalue weighted by Gasteiger charge is -2.43. The molecule has 1 aliphatic heterocycles. The molecule has 1 aromatic carbocycles. The second kappa shape index (κ2) is 6.49. The zero-order valence-electron chi connectivity index (χ0n) is 13.3. The molecule has 4 heteroatoms. The van der Waals surface area contributed by atoms with Gasteiger partial charge in [0.25, 0.3) is 0 Å². The molecule has 1 saturated heterocycles. The van der Waals surface area contributed by atoms with E-state index in [0.29, 0.717) is 11.8 Å². The van der Waals surface area contributed by atoms with Crippen LogP contribution in [0.4, 0.5) is 0 Å². The summed E-state index contributed by atoms with van der Waals surface area (Å²) in [5.41, 5.74) is 0.140. The van der Waals surface area contributed by atoms with Crippen LogP contribution >= 0.6 is 0 Å². The number of hydrogen-bond acceptors (Lipinski definition) is 3. The number of sulfone groups is 1. The van der Waals surface area contributed by atoms with Crippen molar-refractivity contribution >= 4 is 9.84 Å². The van der Waals surface area contributed by atoms with E-state index in [9.17, 15) is 8.42 Å². The zero-order valence-corrected chi connectivity index (χ0v) is 14.1. The van der Waals surface area contributed by atoms with E-state index >= 15 is 0 Å². The van der Waals surface area contributed by atoms with Crippen LogP contribution in [0.2, 0.25) is 0 Å². The van der Waals surface area contributed by atoms with Gasteiger partial charge in [-0.1, -0.05) is 58.0 Å². The van der Waals surface area contributed by atoms with Gasteiger partial charge >= 0.3 is 0 Å². The summed E-state index contributed by atoms with van der Waals surface area (Å²) in [5, 5.41) is 0. The lowest BCUT2D eigenvalue weighted by molar-refractivity contribution is -0.0982. The number of benzene rings is 1. The Balaban J connectivity index is 2.22. The predicted molar refractivity (Wildman–Crippen MR) is 85.5 cm³/mol. The lowest BCUT2D eigenvalue weighted by Crippen LogP contribution is -2.48. The Morgan fingerprint density at radius 2 is 1.62 bits per heavy atom. The third-order valence-electron chi connectivity index (χ3n) is 4.95. The van der Waals surface area contributed by atoms with E-state index in [1.165, 1.54) is 0 Å². The van der Waals surface area contributed by atoms with Gasteiger partial charge in [0, 0.05) is 0 Å². The maximum atomic E-state index is 12.8. The summed E-state index contributed by atoms with van der Waals surface area (Å²) in [4.78, 5) is 0. The molecule has 0 spiro atoms. The standard InChI is InChI=1S/C17H26O3S/c1-5-16-13(3)12(2)14(4)17(20-16)21(18,19)11-15-9-7-6-8-10-15/h6-10,12-14,16-17H,5,11H2,1-4H3. The van der Waals surface area contributed by atoms with Crippen LogP contribution < -0.4 is 0 Å². The van der Waals surface area contributed by atoms with E-state index in [1.54, 1.807) is 0 Å². The van der Waals surface area contributed by atoms with E-state index in [0.717, 1.165) is 12.0 Å². The van der Waals surface area contributed by atoms with Gasteiger partial charge < -0.3 is 4.74 Å². The highest BCUT2D eigenvalue weighted by molar-refractivity contribution is 7.91. The van der Waals surface area contributed by atoms with Crippen molar-refractivity contribution in [3.8, 4) is 0 Å². The van der Waals surface area contributed by atoms with Crippen LogP contribution in [0.15, 0.2) is 30.3 Å². The van der Waals surface area contributed by atoms with Crippen molar-refractivity contribution in [3.63, 3.8) is 0 Å². The van der Waals surface area contributed by atoms with Crippen molar-refractivity contribution in [2.75, 3.05) is 0 Å². The maximum absolute atomic E-state index is 12.8. The number of ether oxygens (including phenoxy) is 1. The van der Waals surface area contributed by atoms with Crippen molar-refractivity contribution in [1.82, 2.24) is 0 Å². The van der Waals surface area contributed by atoms with E-state index in [4.69, 9.17) is 4.74 Å². The first-order valence-corrected chi connectivity index (χ1v) is 9.49. The van der Waals surface area contributed by atoms with Gasteiger partial charge in [0.2, 0.25) is 0 Å². The van der Waals surface area contributed by atoms with Gasteiger partial charge in [-0.25, -0.2) is 8.42 Å². The summed E-state index contributed by atoms with van der Waals surface area (Å²) in [6, 6.07) is 9.35.